The Bertz CT molecular complexity index is 423. The average Bonchev–Trinajstić information content (AvgIpc) is 2.26. The zero-order chi connectivity index (χ0) is 15.7. The van der Waals surface area contributed by atoms with Crippen LogP contribution in [0.5, 0.6) is 0 Å². The van der Waals surface area contributed by atoms with Crippen LogP contribution in [0.4, 0.5) is 26.3 Å². The Morgan fingerprint density at radius 1 is 0.800 bits per heavy atom. The van der Waals surface area contributed by atoms with Crippen molar-refractivity contribution in [1.82, 2.24) is 0 Å². The van der Waals surface area contributed by atoms with Crippen molar-refractivity contribution in [2.24, 2.45) is 11.8 Å². The van der Waals surface area contributed by atoms with Gasteiger partial charge in [-0.25, -0.2) is 0 Å². The molecule has 0 radical (unpaired) electrons. The molecule has 0 fully saturated rings. The summed E-state index contributed by atoms with van der Waals surface area (Å²) in [5, 5.41) is 0. The smallest absolute Gasteiger partial charge is 0.166 e. The molecule has 0 aliphatic carbocycles. The first kappa shape index (κ1) is 16.9. The van der Waals surface area contributed by atoms with Gasteiger partial charge in [0.15, 0.2) is 0 Å². The van der Waals surface area contributed by atoms with Gasteiger partial charge in [-0.1, -0.05) is 20.8 Å². The maximum absolute atomic E-state index is 12.7. The SMILES string of the molecule is CC(C)C(C)Cc1cc(C(F)(F)F)cc(C(F)(F)F)c1. The predicted molar refractivity (Wildman–Crippen MR) is 64.2 cm³/mol. The van der Waals surface area contributed by atoms with E-state index in [9.17, 15) is 26.3 Å². The van der Waals surface area contributed by atoms with Crippen molar-refractivity contribution in [3.05, 3.63) is 34.9 Å². The van der Waals surface area contributed by atoms with Crippen LogP contribution in [0.3, 0.4) is 0 Å². The average molecular weight is 298 g/mol. The topological polar surface area (TPSA) is 0 Å². The van der Waals surface area contributed by atoms with Crippen LogP contribution in [0.25, 0.3) is 0 Å². The van der Waals surface area contributed by atoms with Crippen LogP contribution in [-0.4, -0.2) is 0 Å². The lowest BCUT2D eigenvalue weighted by Crippen LogP contribution is -2.14. The molecule has 20 heavy (non-hydrogen) atoms. The summed E-state index contributed by atoms with van der Waals surface area (Å²) in [5.74, 6) is 0.179. The highest BCUT2D eigenvalue weighted by Gasteiger charge is 2.36. The van der Waals surface area contributed by atoms with Crippen molar-refractivity contribution in [3.8, 4) is 0 Å². The Kier molecular flexibility index (Phi) is 4.77. The van der Waals surface area contributed by atoms with Crippen LogP contribution in [0.15, 0.2) is 18.2 Å². The molecule has 1 aromatic rings. The minimum atomic E-state index is -4.78. The summed E-state index contributed by atoms with van der Waals surface area (Å²) in [6.45, 7) is 5.56. The van der Waals surface area contributed by atoms with E-state index in [1.807, 2.05) is 13.8 Å². The number of alkyl halides is 6. The summed E-state index contributed by atoms with van der Waals surface area (Å²) >= 11 is 0. The van der Waals surface area contributed by atoms with Gasteiger partial charge in [-0.05, 0) is 42.0 Å². The van der Waals surface area contributed by atoms with E-state index in [-0.39, 0.29) is 29.9 Å². The van der Waals surface area contributed by atoms with Crippen LogP contribution in [0.2, 0.25) is 0 Å². The molecule has 114 valence electrons. The Balaban J connectivity index is 3.24. The number of halogens is 6. The Morgan fingerprint density at radius 3 is 1.50 bits per heavy atom. The molecular weight excluding hydrogens is 282 g/mol. The lowest BCUT2D eigenvalue weighted by Gasteiger charge is -2.18. The summed E-state index contributed by atoms with van der Waals surface area (Å²) in [5.41, 5.74) is -2.44. The van der Waals surface area contributed by atoms with Gasteiger partial charge in [0.05, 0.1) is 11.1 Å². The molecule has 1 rings (SSSR count). The molecule has 0 amide bonds. The second-order valence-electron chi connectivity index (χ2n) is 5.34. The molecule has 0 aliphatic heterocycles. The highest BCUT2D eigenvalue weighted by molar-refractivity contribution is 5.33. The van der Waals surface area contributed by atoms with Crippen LogP contribution in [0.1, 0.15) is 37.5 Å². The van der Waals surface area contributed by atoms with E-state index in [0.717, 1.165) is 12.1 Å². The molecule has 0 aromatic heterocycles. The van der Waals surface area contributed by atoms with E-state index in [1.54, 1.807) is 6.92 Å². The summed E-state index contributed by atoms with van der Waals surface area (Å²) in [4.78, 5) is 0. The third-order valence-corrected chi connectivity index (χ3v) is 3.34. The Labute approximate surface area is 113 Å². The number of benzene rings is 1. The molecule has 0 heterocycles. The first-order valence-corrected chi connectivity index (χ1v) is 6.19. The van der Waals surface area contributed by atoms with E-state index in [0.29, 0.717) is 0 Å². The summed E-state index contributed by atoms with van der Waals surface area (Å²) in [7, 11) is 0. The number of hydrogen-bond donors (Lipinski definition) is 0. The third kappa shape index (κ3) is 4.42. The largest absolute Gasteiger partial charge is 0.416 e. The van der Waals surface area contributed by atoms with Crippen LogP contribution in [0, 0.1) is 11.8 Å². The van der Waals surface area contributed by atoms with E-state index >= 15 is 0 Å². The number of rotatable bonds is 3. The van der Waals surface area contributed by atoms with Crippen molar-refractivity contribution in [2.75, 3.05) is 0 Å². The third-order valence-electron chi connectivity index (χ3n) is 3.34. The van der Waals surface area contributed by atoms with Gasteiger partial charge in [0.25, 0.3) is 0 Å². The minimum Gasteiger partial charge on any atom is -0.166 e. The van der Waals surface area contributed by atoms with Gasteiger partial charge in [-0.15, -0.1) is 0 Å². The lowest BCUT2D eigenvalue weighted by atomic mass is 9.89. The molecule has 1 atom stereocenters. The Morgan fingerprint density at radius 2 is 1.20 bits per heavy atom. The van der Waals surface area contributed by atoms with Crippen LogP contribution >= 0.6 is 0 Å². The normalized spacial score (nSPS) is 14.7. The van der Waals surface area contributed by atoms with Crippen molar-refractivity contribution in [2.45, 2.75) is 39.5 Å². The predicted octanol–water partition coefficient (Wildman–Crippen LogP) is 5.56. The van der Waals surface area contributed by atoms with Crippen LogP contribution < -0.4 is 0 Å². The van der Waals surface area contributed by atoms with Crippen molar-refractivity contribution in [3.63, 3.8) is 0 Å². The fraction of sp³-hybridized carbons (Fsp3) is 0.571. The molecule has 0 saturated heterocycles. The zero-order valence-electron chi connectivity index (χ0n) is 11.4. The molecule has 0 saturated carbocycles. The molecule has 6 heteroatoms. The molecule has 0 spiro atoms. The van der Waals surface area contributed by atoms with Gasteiger partial charge in [0.1, 0.15) is 0 Å². The number of hydrogen-bond acceptors (Lipinski definition) is 0. The molecule has 1 unspecified atom stereocenters. The lowest BCUT2D eigenvalue weighted by molar-refractivity contribution is -0.143. The van der Waals surface area contributed by atoms with Gasteiger partial charge in [-0.2, -0.15) is 26.3 Å². The van der Waals surface area contributed by atoms with E-state index in [2.05, 4.69) is 0 Å². The van der Waals surface area contributed by atoms with Gasteiger partial charge >= 0.3 is 12.4 Å². The van der Waals surface area contributed by atoms with Gasteiger partial charge < -0.3 is 0 Å². The van der Waals surface area contributed by atoms with Gasteiger partial charge in [-0.3, -0.25) is 0 Å². The van der Waals surface area contributed by atoms with Crippen molar-refractivity contribution < 1.29 is 26.3 Å². The van der Waals surface area contributed by atoms with Gasteiger partial charge in [0.2, 0.25) is 0 Å². The maximum atomic E-state index is 12.7. The first-order chi connectivity index (χ1) is 8.91. The zero-order valence-corrected chi connectivity index (χ0v) is 11.4. The fourth-order valence-corrected chi connectivity index (χ4v) is 1.74. The minimum absolute atomic E-state index is 0.000401. The standard InChI is InChI=1S/C14H16F6/c1-8(2)9(3)4-10-5-11(13(15,16)17)7-12(6-10)14(18,19)20/h5-9H,4H2,1-3H3. The molecule has 0 N–H and O–H groups in total. The van der Waals surface area contributed by atoms with Crippen molar-refractivity contribution in [1.29, 1.82) is 0 Å². The fourth-order valence-electron chi connectivity index (χ4n) is 1.74. The van der Waals surface area contributed by atoms with E-state index in [4.69, 9.17) is 0 Å². The molecule has 1 aromatic carbocycles. The first-order valence-electron chi connectivity index (χ1n) is 6.19. The Hall–Kier alpha value is -1.20. The monoisotopic (exact) mass is 298 g/mol. The molecule has 0 nitrogen and oxygen atoms in total. The summed E-state index contributed by atoms with van der Waals surface area (Å²) in [6.07, 6.45) is -9.38. The molecular formula is C14H16F6. The quantitative estimate of drug-likeness (QED) is 0.641. The second-order valence-corrected chi connectivity index (χ2v) is 5.34. The van der Waals surface area contributed by atoms with Gasteiger partial charge in [0, 0.05) is 0 Å². The van der Waals surface area contributed by atoms with Crippen molar-refractivity contribution >= 4 is 0 Å². The summed E-state index contributed by atoms with van der Waals surface area (Å²) < 4.78 is 76.0. The molecule has 0 bridgehead atoms. The highest BCUT2D eigenvalue weighted by atomic mass is 19.4. The van der Waals surface area contributed by atoms with E-state index in [1.165, 1.54) is 0 Å². The highest BCUT2D eigenvalue weighted by Crippen LogP contribution is 2.36. The van der Waals surface area contributed by atoms with Crippen LogP contribution in [-0.2, 0) is 18.8 Å². The van der Waals surface area contributed by atoms with E-state index < -0.39 is 23.5 Å². The maximum Gasteiger partial charge on any atom is 0.416 e. The second kappa shape index (κ2) is 5.66. The molecule has 0 aliphatic rings. The summed E-state index contributed by atoms with van der Waals surface area (Å²) in [6, 6.07) is 1.76.